The lowest BCUT2D eigenvalue weighted by atomic mass is 9.53. The summed E-state index contributed by atoms with van der Waals surface area (Å²) < 4.78 is 59.7. The Labute approximate surface area is 227 Å². The van der Waals surface area contributed by atoms with Crippen molar-refractivity contribution in [2.75, 3.05) is 11.4 Å². The predicted octanol–water partition coefficient (Wildman–Crippen LogP) is 6.76. The highest BCUT2D eigenvalue weighted by atomic mass is 79.9. The molecule has 1 heterocycles. The van der Waals surface area contributed by atoms with E-state index in [9.17, 15) is 27.5 Å². The van der Waals surface area contributed by atoms with E-state index in [1.807, 2.05) is 24.3 Å². The van der Waals surface area contributed by atoms with Crippen molar-refractivity contribution in [3.63, 3.8) is 0 Å². The number of carbonyl (C=O) groups excluding carboxylic acids is 1. The van der Waals surface area contributed by atoms with E-state index in [2.05, 4.69) is 26.1 Å². The lowest BCUT2D eigenvalue weighted by molar-refractivity contribution is -0.298. The van der Waals surface area contributed by atoms with Crippen LogP contribution in [0, 0.1) is 11.3 Å². The summed E-state index contributed by atoms with van der Waals surface area (Å²) in [4.78, 5) is 19.6. The number of hydrogen-bond acceptors (Lipinski definition) is 5. The SMILES string of the molecule is CC(C)(F)c1nc(C23CCC(CN(C(=O)CC4CC(O)(C(F)(F)F)C4)c4cccc(Br)c4)(CC2)CC3)no1. The van der Waals surface area contributed by atoms with Crippen LogP contribution in [0.1, 0.15) is 83.3 Å². The summed E-state index contributed by atoms with van der Waals surface area (Å²) >= 11 is 3.46. The molecule has 6 rings (SSSR count). The van der Waals surface area contributed by atoms with Crippen LogP contribution in [0.3, 0.4) is 0 Å². The molecule has 1 aromatic heterocycles. The Balaban J connectivity index is 1.31. The summed E-state index contributed by atoms with van der Waals surface area (Å²) in [7, 11) is 0. The second-order valence-corrected chi connectivity index (χ2v) is 13.1. The van der Waals surface area contributed by atoms with Crippen molar-refractivity contribution >= 4 is 27.5 Å². The summed E-state index contributed by atoms with van der Waals surface area (Å²) in [5.41, 5.74) is -4.12. The van der Waals surface area contributed by atoms with E-state index >= 15 is 0 Å². The summed E-state index contributed by atoms with van der Waals surface area (Å²) in [6.45, 7) is 3.23. The van der Waals surface area contributed by atoms with Crippen molar-refractivity contribution < 1.29 is 32.0 Å². The van der Waals surface area contributed by atoms with Crippen LogP contribution in [0.4, 0.5) is 23.2 Å². The van der Waals surface area contributed by atoms with E-state index in [1.165, 1.54) is 13.8 Å². The number of carbonyl (C=O) groups is 1. The minimum atomic E-state index is -4.69. The van der Waals surface area contributed by atoms with E-state index < -0.39 is 36.2 Å². The zero-order chi connectivity index (χ0) is 27.6. The topological polar surface area (TPSA) is 79.5 Å². The molecule has 1 N–H and O–H groups in total. The molecule has 1 amide bonds. The molecule has 4 aliphatic carbocycles. The number of aliphatic hydroxyl groups is 1. The first-order chi connectivity index (χ1) is 17.6. The minimum Gasteiger partial charge on any atom is -0.380 e. The molecule has 0 unspecified atom stereocenters. The van der Waals surface area contributed by atoms with Gasteiger partial charge in [0.25, 0.3) is 5.89 Å². The highest BCUT2D eigenvalue weighted by Gasteiger charge is 2.61. The zero-order valence-electron chi connectivity index (χ0n) is 21.5. The molecule has 2 aromatic rings. The van der Waals surface area contributed by atoms with E-state index in [-0.39, 0.29) is 29.0 Å². The molecule has 2 bridgehead atoms. The maximum atomic E-state index is 14.3. The number of amides is 1. The smallest absolute Gasteiger partial charge is 0.380 e. The van der Waals surface area contributed by atoms with Gasteiger partial charge in [0.15, 0.2) is 17.1 Å². The number of alkyl halides is 4. The molecule has 4 aliphatic rings. The number of hydrogen-bond donors (Lipinski definition) is 1. The largest absolute Gasteiger partial charge is 0.417 e. The first-order valence-corrected chi connectivity index (χ1v) is 13.8. The van der Waals surface area contributed by atoms with Crippen molar-refractivity contribution in [3.05, 3.63) is 40.5 Å². The Morgan fingerprint density at radius 2 is 1.76 bits per heavy atom. The monoisotopic (exact) mass is 601 g/mol. The van der Waals surface area contributed by atoms with Gasteiger partial charge in [0.05, 0.1) is 0 Å². The van der Waals surface area contributed by atoms with Crippen LogP contribution >= 0.6 is 15.9 Å². The normalized spacial score (nSPS) is 31.2. The Morgan fingerprint density at radius 3 is 2.29 bits per heavy atom. The lowest BCUT2D eigenvalue weighted by Crippen LogP contribution is -2.56. The fourth-order valence-electron chi connectivity index (χ4n) is 6.45. The van der Waals surface area contributed by atoms with E-state index in [1.54, 1.807) is 4.90 Å². The number of aromatic nitrogens is 2. The fraction of sp³-hybridized carbons (Fsp3) is 0.667. The van der Waals surface area contributed by atoms with Crippen LogP contribution in [0.25, 0.3) is 0 Å². The predicted molar refractivity (Wildman–Crippen MR) is 135 cm³/mol. The first-order valence-electron chi connectivity index (χ1n) is 13.0. The number of fused-ring (bicyclic) bond motifs is 3. The van der Waals surface area contributed by atoms with Gasteiger partial charge >= 0.3 is 6.18 Å². The molecule has 11 heteroatoms. The summed E-state index contributed by atoms with van der Waals surface area (Å²) in [5, 5.41) is 14.0. The van der Waals surface area contributed by atoms with Crippen LogP contribution in [0.2, 0.25) is 0 Å². The van der Waals surface area contributed by atoms with Crippen LogP contribution in [0.15, 0.2) is 33.3 Å². The molecule has 0 radical (unpaired) electrons. The van der Waals surface area contributed by atoms with Crippen molar-refractivity contribution in [2.45, 2.75) is 94.5 Å². The van der Waals surface area contributed by atoms with Gasteiger partial charge in [0.2, 0.25) is 5.91 Å². The number of halogens is 5. The highest BCUT2D eigenvalue weighted by molar-refractivity contribution is 9.10. The molecule has 38 heavy (non-hydrogen) atoms. The third-order valence-corrected chi connectivity index (χ3v) is 9.46. The minimum absolute atomic E-state index is 0.0240. The third kappa shape index (κ3) is 5.00. The Kier molecular flexibility index (Phi) is 6.73. The Bertz CT molecular complexity index is 1180. The molecule has 6 nitrogen and oxygen atoms in total. The second kappa shape index (κ2) is 9.28. The molecular formula is C27H32BrF4N3O3. The van der Waals surface area contributed by atoms with Gasteiger partial charge in [0.1, 0.15) is 0 Å². The summed E-state index contributed by atoms with van der Waals surface area (Å²) in [6, 6.07) is 7.36. The van der Waals surface area contributed by atoms with Gasteiger partial charge in [-0.3, -0.25) is 4.79 Å². The Hall–Kier alpha value is -2.01. The molecule has 0 atom stereocenters. The van der Waals surface area contributed by atoms with E-state index in [0.717, 1.165) is 43.0 Å². The number of nitrogens with zero attached hydrogens (tertiary/aromatic N) is 3. The van der Waals surface area contributed by atoms with Gasteiger partial charge in [-0.05, 0) is 94.7 Å². The van der Waals surface area contributed by atoms with E-state index in [4.69, 9.17) is 4.52 Å². The maximum absolute atomic E-state index is 14.3. The van der Waals surface area contributed by atoms with Gasteiger partial charge in [-0.1, -0.05) is 27.2 Å². The van der Waals surface area contributed by atoms with Crippen LogP contribution < -0.4 is 4.90 Å². The number of rotatable bonds is 7. The first kappa shape index (κ1) is 27.6. The average Bonchev–Trinajstić information content (AvgIpc) is 3.34. The molecule has 1 aromatic carbocycles. The van der Waals surface area contributed by atoms with Crippen LogP contribution in [-0.4, -0.2) is 39.5 Å². The lowest BCUT2D eigenvalue weighted by Gasteiger charge is -2.53. The third-order valence-electron chi connectivity index (χ3n) is 8.97. The molecule has 0 saturated heterocycles. The van der Waals surface area contributed by atoms with Crippen LogP contribution in [-0.2, 0) is 15.9 Å². The van der Waals surface area contributed by atoms with Crippen molar-refractivity contribution in [1.29, 1.82) is 0 Å². The summed E-state index contributed by atoms with van der Waals surface area (Å²) in [6.07, 6.45) is -0.793. The quantitative estimate of drug-likeness (QED) is 0.355. The van der Waals surface area contributed by atoms with Gasteiger partial charge in [-0.2, -0.15) is 18.2 Å². The molecule has 208 valence electrons. The molecule has 0 spiro atoms. The van der Waals surface area contributed by atoms with Crippen molar-refractivity contribution in [3.8, 4) is 0 Å². The van der Waals surface area contributed by atoms with Gasteiger partial charge < -0.3 is 14.5 Å². The van der Waals surface area contributed by atoms with Gasteiger partial charge in [0, 0.05) is 28.5 Å². The average molecular weight is 602 g/mol. The zero-order valence-corrected chi connectivity index (χ0v) is 23.0. The molecule has 4 fully saturated rings. The fourth-order valence-corrected chi connectivity index (χ4v) is 6.83. The van der Waals surface area contributed by atoms with E-state index in [0.29, 0.717) is 18.1 Å². The Morgan fingerprint density at radius 1 is 1.13 bits per heavy atom. The van der Waals surface area contributed by atoms with Crippen molar-refractivity contribution in [1.82, 2.24) is 10.1 Å². The van der Waals surface area contributed by atoms with Gasteiger partial charge in [-0.25, -0.2) is 4.39 Å². The second-order valence-electron chi connectivity index (χ2n) is 12.1. The molecule has 4 saturated carbocycles. The number of benzene rings is 1. The molecular weight excluding hydrogens is 570 g/mol. The van der Waals surface area contributed by atoms with Gasteiger partial charge in [-0.15, -0.1) is 0 Å². The van der Waals surface area contributed by atoms with Crippen molar-refractivity contribution in [2.24, 2.45) is 11.3 Å². The summed E-state index contributed by atoms with van der Waals surface area (Å²) in [5.74, 6) is -0.223. The maximum Gasteiger partial charge on any atom is 0.417 e. The standard InChI is InChI=1S/C27H32BrF4N3O3/c1-23(2,29)22-33-21(34-38-22)25-9-6-24(7-10-25,8-11-25)16-35(19-5-3-4-18(28)13-19)20(36)12-17-14-26(37,15-17)27(30,31)32/h3-5,13,17,37H,6-12,14-16H2,1-2H3. The highest BCUT2D eigenvalue weighted by Crippen LogP contribution is 2.58. The molecule has 0 aliphatic heterocycles. The number of anilines is 1. The van der Waals surface area contributed by atoms with Crippen LogP contribution in [0.5, 0.6) is 0 Å².